The van der Waals surface area contributed by atoms with Crippen molar-refractivity contribution in [3.05, 3.63) is 23.6 Å². The summed E-state index contributed by atoms with van der Waals surface area (Å²) >= 11 is 1.39. The van der Waals surface area contributed by atoms with Gasteiger partial charge in [0.15, 0.2) is 5.01 Å². The molecule has 2 aromatic rings. The van der Waals surface area contributed by atoms with E-state index < -0.39 is 0 Å². The van der Waals surface area contributed by atoms with Crippen LogP contribution in [0, 0.1) is 5.82 Å². The molecule has 3 rings (SSSR count). The Balaban J connectivity index is 2.02. The number of halogens is 1. The number of aromatic nitrogens is 3. The zero-order chi connectivity index (χ0) is 12.4. The van der Waals surface area contributed by atoms with Gasteiger partial charge in [0.25, 0.3) is 0 Å². The summed E-state index contributed by atoms with van der Waals surface area (Å²) in [5, 5.41) is 11.8. The van der Waals surface area contributed by atoms with Crippen LogP contribution in [0.4, 0.5) is 10.2 Å². The zero-order valence-corrected chi connectivity index (χ0v) is 10.5. The second kappa shape index (κ2) is 4.95. The molecule has 0 amide bonds. The first kappa shape index (κ1) is 11.5. The third kappa shape index (κ3) is 2.19. The maximum atomic E-state index is 13.4. The molecule has 1 aliphatic rings. The molecule has 7 heteroatoms. The quantitative estimate of drug-likeness (QED) is 0.882. The highest BCUT2D eigenvalue weighted by Crippen LogP contribution is 2.30. The number of hydrogen-bond donors (Lipinski definition) is 1. The second-order valence-corrected chi connectivity index (χ2v) is 4.84. The molecule has 0 spiro atoms. The number of hydrogen-bond acceptors (Lipinski definition) is 6. The normalized spacial score (nSPS) is 15.9. The number of pyridine rings is 1. The maximum Gasteiger partial charge on any atom is 0.151 e. The Hall–Kier alpha value is -1.60. The molecule has 0 aliphatic carbocycles. The Morgan fingerprint density at radius 3 is 2.89 bits per heavy atom. The molecular formula is C11H12FN5S. The molecule has 0 bridgehead atoms. The fourth-order valence-corrected chi connectivity index (χ4v) is 2.57. The summed E-state index contributed by atoms with van der Waals surface area (Å²) in [6, 6.07) is 1.48. The van der Waals surface area contributed by atoms with Gasteiger partial charge in [-0.15, -0.1) is 10.2 Å². The Morgan fingerprint density at radius 1 is 1.33 bits per heavy atom. The van der Waals surface area contributed by atoms with E-state index >= 15 is 0 Å². The van der Waals surface area contributed by atoms with E-state index in [1.807, 2.05) is 0 Å². The van der Waals surface area contributed by atoms with Crippen LogP contribution in [0.3, 0.4) is 0 Å². The van der Waals surface area contributed by atoms with Gasteiger partial charge in [0.1, 0.15) is 17.1 Å². The van der Waals surface area contributed by atoms with Crippen LogP contribution in [0.15, 0.2) is 17.8 Å². The SMILES string of the molecule is Fc1cnc(N2CCNCC2)c(-c2nncs2)c1. The number of piperazine rings is 1. The smallest absolute Gasteiger partial charge is 0.151 e. The first-order valence-electron chi connectivity index (χ1n) is 5.72. The van der Waals surface area contributed by atoms with Crippen molar-refractivity contribution in [2.45, 2.75) is 0 Å². The molecule has 3 heterocycles. The van der Waals surface area contributed by atoms with Crippen molar-refractivity contribution in [2.24, 2.45) is 0 Å². The number of nitrogens with one attached hydrogen (secondary N) is 1. The van der Waals surface area contributed by atoms with E-state index in [1.165, 1.54) is 23.6 Å². The fourth-order valence-electron chi connectivity index (χ4n) is 2.01. The van der Waals surface area contributed by atoms with Gasteiger partial charge in [0.2, 0.25) is 0 Å². The van der Waals surface area contributed by atoms with Gasteiger partial charge in [-0.3, -0.25) is 0 Å². The van der Waals surface area contributed by atoms with Crippen LogP contribution >= 0.6 is 11.3 Å². The third-order valence-electron chi connectivity index (χ3n) is 2.84. The van der Waals surface area contributed by atoms with Gasteiger partial charge in [-0.1, -0.05) is 11.3 Å². The van der Waals surface area contributed by atoms with Crippen LogP contribution in [0.2, 0.25) is 0 Å². The minimum Gasteiger partial charge on any atom is -0.353 e. The lowest BCUT2D eigenvalue weighted by Crippen LogP contribution is -2.44. The summed E-state index contributed by atoms with van der Waals surface area (Å²) in [5.41, 5.74) is 2.36. The van der Waals surface area contributed by atoms with E-state index in [0.717, 1.165) is 37.6 Å². The molecule has 1 N–H and O–H groups in total. The van der Waals surface area contributed by atoms with E-state index in [2.05, 4.69) is 25.4 Å². The highest BCUT2D eigenvalue weighted by atomic mass is 32.1. The maximum absolute atomic E-state index is 13.4. The molecule has 1 fully saturated rings. The van der Waals surface area contributed by atoms with Crippen molar-refractivity contribution in [3.63, 3.8) is 0 Å². The largest absolute Gasteiger partial charge is 0.353 e. The van der Waals surface area contributed by atoms with Gasteiger partial charge in [0.05, 0.1) is 11.8 Å². The Labute approximate surface area is 108 Å². The molecule has 0 atom stereocenters. The van der Waals surface area contributed by atoms with Crippen molar-refractivity contribution in [1.82, 2.24) is 20.5 Å². The minimum absolute atomic E-state index is 0.348. The first-order chi connectivity index (χ1) is 8.84. The molecule has 0 aromatic carbocycles. The molecule has 5 nitrogen and oxygen atoms in total. The van der Waals surface area contributed by atoms with Crippen molar-refractivity contribution in [3.8, 4) is 10.6 Å². The zero-order valence-electron chi connectivity index (χ0n) is 9.64. The Kier molecular flexibility index (Phi) is 3.16. The third-order valence-corrected chi connectivity index (χ3v) is 3.56. The highest BCUT2D eigenvalue weighted by molar-refractivity contribution is 7.12. The lowest BCUT2D eigenvalue weighted by atomic mass is 10.2. The predicted molar refractivity (Wildman–Crippen MR) is 68.2 cm³/mol. The average Bonchev–Trinajstić information content (AvgIpc) is 2.93. The molecule has 1 aliphatic heterocycles. The van der Waals surface area contributed by atoms with Crippen molar-refractivity contribution >= 4 is 17.2 Å². The number of anilines is 1. The van der Waals surface area contributed by atoms with Crippen LogP contribution in [0.5, 0.6) is 0 Å². The molecule has 2 aromatic heterocycles. The second-order valence-electron chi connectivity index (χ2n) is 4.01. The summed E-state index contributed by atoms with van der Waals surface area (Å²) in [5.74, 6) is 0.439. The summed E-state index contributed by atoms with van der Waals surface area (Å²) in [7, 11) is 0. The van der Waals surface area contributed by atoms with Crippen LogP contribution in [-0.2, 0) is 0 Å². The van der Waals surface area contributed by atoms with Crippen molar-refractivity contribution < 1.29 is 4.39 Å². The van der Waals surface area contributed by atoms with Gasteiger partial charge in [-0.05, 0) is 6.07 Å². The van der Waals surface area contributed by atoms with Gasteiger partial charge >= 0.3 is 0 Å². The van der Waals surface area contributed by atoms with Gasteiger partial charge < -0.3 is 10.2 Å². The standard InChI is InChI=1S/C11H12FN5S/c12-8-5-9(11-16-15-7-18-11)10(14-6-8)17-3-1-13-2-4-17/h5-7,13H,1-4H2. The first-order valence-corrected chi connectivity index (χ1v) is 6.60. The molecular weight excluding hydrogens is 253 g/mol. The summed E-state index contributed by atoms with van der Waals surface area (Å²) in [4.78, 5) is 6.37. The van der Waals surface area contributed by atoms with E-state index in [9.17, 15) is 4.39 Å². The number of rotatable bonds is 2. The fraction of sp³-hybridized carbons (Fsp3) is 0.364. The van der Waals surface area contributed by atoms with Crippen LogP contribution in [0.25, 0.3) is 10.6 Å². The summed E-state index contributed by atoms with van der Waals surface area (Å²) in [6.07, 6.45) is 1.25. The topological polar surface area (TPSA) is 53.9 Å². The summed E-state index contributed by atoms with van der Waals surface area (Å²) < 4.78 is 13.4. The lowest BCUT2D eigenvalue weighted by Gasteiger charge is -2.29. The molecule has 1 saturated heterocycles. The molecule has 0 radical (unpaired) electrons. The van der Waals surface area contributed by atoms with E-state index in [1.54, 1.807) is 5.51 Å². The Morgan fingerprint density at radius 2 is 2.17 bits per heavy atom. The van der Waals surface area contributed by atoms with Gasteiger partial charge in [-0.2, -0.15) is 0 Å². The van der Waals surface area contributed by atoms with Crippen LogP contribution in [0.1, 0.15) is 0 Å². The van der Waals surface area contributed by atoms with Crippen molar-refractivity contribution in [2.75, 3.05) is 31.1 Å². The van der Waals surface area contributed by atoms with Gasteiger partial charge in [-0.25, -0.2) is 9.37 Å². The van der Waals surface area contributed by atoms with E-state index in [-0.39, 0.29) is 5.82 Å². The number of nitrogens with zero attached hydrogens (tertiary/aromatic N) is 4. The Bertz CT molecular complexity index is 524. The summed E-state index contributed by atoms with van der Waals surface area (Å²) in [6.45, 7) is 3.55. The molecule has 94 valence electrons. The van der Waals surface area contributed by atoms with E-state index in [4.69, 9.17) is 0 Å². The molecule has 0 saturated carbocycles. The van der Waals surface area contributed by atoms with Crippen LogP contribution < -0.4 is 10.2 Å². The van der Waals surface area contributed by atoms with Crippen LogP contribution in [-0.4, -0.2) is 41.4 Å². The molecule has 0 unspecified atom stereocenters. The van der Waals surface area contributed by atoms with Gasteiger partial charge in [0, 0.05) is 26.2 Å². The monoisotopic (exact) mass is 265 g/mol. The average molecular weight is 265 g/mol. The molecule has 18 heavy (non-hydrogen) atoms. The lowest BCUT2D eigenvalue weighted by molar-refractivity contribution is 0.581. The predicted octanol–water partition coefficient (Wildman–Crippen LogP) is 1.15. The minimum atomic E-state index is -0.348. The van der Waals surface area contributed by atoms with E-state index in [0.29, 0.717) is 5.01 Å². The van der Waals surface area contributed by atoms with Crippen molar-refractivity contribution in [1.29, 1.82) is 0 Å². The highest BCUT2D eigenvalue weighted by Gasteiger charge is 2.18.